The van der Waals surface area contributed by atoms with Crippen molar-refractivity contribution in [1.29, 1.82) is 0 Å². The highest BCUT2D eigenvalue weighted by Crippen LogP contribution is 2.46. The molecule has 0 N–H and O–H groups in total. The van der Waals surface area contributed by atoms with Gasteiger partial charge >= 0.3 is 0 Å². The highest BCUT2D eigenvalue weighted by Gasteiger charge is 2.22. The number of fused-ring (bicyclic) bond motifs is 5. The summed E-state index contributed by atoms with van der Waals surface area (Å²) in [5.41, 5.74) is 9.68. The molecule has 1 aliphatic carbocycles. The molecule has 0 radical (unpaired) electrons. The molecule has 39 heavy (non-hydrogen) atoms. The summed E-state index contributed by atoms with van der Waals surface area (Å²) < 4.78 is 6.57. The highest BCUT2D eigenvalue weighted by molar-refractivity contribution is 6.23. The first kappa shape index (κ1) is 22.1. The first-order valence-electron chi connectivity index (χ1n) is 13.7. The van der Waals surface area contributed by atoms with E-state index in [1.807, 2.05) is 0 Å². The molecule has 0 unspecified atom stereocenters. The fourth-order valence-corrected chi connectivity index (χ4v) is 6.41. The van der Waals surface area contributed by atoms with Crippen LogP contribution < -0.4 is 0 Å². The normalized spacial score (nSPS) is 12.8. The van der Waals surface area contributed by atoms with Gasteiger partial charge in [-0.25, -0.2) is 0 Å². The van der Waals surface area contributed by atoms with Crippen LogP contribution in [0.4, 0.5) is 0 Å². The molecule has 0 amide bonds. The number of aryl methyl sites for hydroxylation is 1. The molecule has 0 saturated carbocycles. The van der Waals surface area contributed by atoms with E-state index in [2.05, 4.69) is 133 Å². The third kappa shape index (κ3) is 3.47. The van der Waals surface area contributed by atoms with Gasteiger partial charge in [0.25, 0.3) is 0 Å². The Morgan fingerprint density at radius 2 is 1.08 bits per heavy atom. The van der Waals surface area contributed by atoms with E-state index in [9.17, 15) is 0 Å². The highest BCUT2D eigenvalue weighted by atomic mass is 16.3. The van der Waals surface area contributed by atoms with Crippen molar-refractivity contribution in [2.75, 3.05) is 0 Å². The minimum absolute atomic E-state index is 0.989. The minimum Gasteiger partial charge on any atom is -0.456 e. The van der Waals surface area contributed by atoms with Crippen LogP contribution in [0.15, 0.2) is 132 Å². The van der Waals surface area contributed by atoms with Crippen molar-refractivity contribution in [3.05, 3.63) is 139 Å². The lowest BCUT2D eigenvalue weighted by Gasteiger charge is -2.18. The summed E-state index contributed by atoms with van der Waals surface area (Å²) in [4.78, 5) is 0. The second-order valence-electron chi connectivity index (χ2n) is 10.4. The summed E-state index contributed by atoms with van der Waals surface area (Å²) in [5.74, 6) is 1.01. The summed E-state index contributed by atoms with van der Waals surface area (Å²) in [6.07, 6.45) is 6.45. The first-order valence-corrected chi connectivity index (χ1v) is 13.7. The zero-order valence-electron chi connectivity index (χ0n) is 21.5. The molecular weight excluding hydrogens is 472 g/mol. The molecule has 0 spiro atoms. The van der Waals surface area contributed by atoms with Crippen molar-refractivity contribution in [3.63, 3.8) is 0 Å². The number of para-hydroxylation sites is 1. The Morgan fingerprint density at radius 1 is 0.487 bits per heavy atom. The van der Waals surface area contributed by atoms with Crippen LogP contribution in [0.5, 0.6) is 0 Å². The molecule has 1 aromatic heterocycles. The molecule has 0 fully saturated rings. The summed E-state index contributed by atoms with van der Waals surface area (Å²) in [6, 6.07) is 43.9. The standard InChI is InChI=1S/C38H26O/c1-2-12-25(13-3-1)26-14-10-15-27(24-26)36-29-17-4-6-19-31(29)37(32-20-7-5-18-30(32)36)34-22-11-21-33-28-16-8-9-23-35(28)39-38(33)34/h1-7,9-15,17-24H,8,16H2. The first-order chi connectivity index (χ1) is 19.4. The van der Waals surface area contributed by atoms with E-state index >= 15 is 0 Å². The van der Waals surface area contributed by atoms with Crippen LogP contribution in [-0.2, 0) is 6.42 Å². The summed E-state index contributed by atoms with van der Waals surface area (Å²) >= 11 is 0. The van der Waals surface area contributed by atoms with E-state index in [1.54, 1.807) is 0 Å². The van der Waals surface area contributed by atoms with Crippen molar-refractivity contribution in [1.82, 2.24) is 0 Å². The van der Waals surface area contributed by atoms with E-state index < -0.39 is 0 Å². The van der Waals surface area contributed by atoms with Crippen LogP contribution in [0, 0.1) is 0 Å². The third-order valence-electron chi connectivity index (χ3n) is 8.14. The van der Waals surface area contributed by atoms with Gasteiger partial charge in [-0.05, 0) is 68.8 Å². The monoisotopic (exact) mass is 498 g/mol. The van der Waals surface area contributed by atoms with E-state index in [1.165, 1.54) is 60.3 Å². The van der Waals surface area contributed by atoms with Crippen molar-refractivity contribution in [2.45, 2.75) is 12.8 Å². The predicted octanol–water partition coefficient (Wildman–Crippen LogP) is 10.7. The molecule has 1 heterocycles. The Kier molecular flexibility index (Phi) is 5.03. The number of furan rings is 1. The molecule has 1 heteroatoms. The van der Waals surface area contributed by atoms with E-state index in [-0.39, 0.29) is 0 Å². The molecule has 7 aromatic rings. The second kappa shape index (κ2) is 8.85. The molecule has 1 aliphatic rings. The predicted molar refractivity (Wildman–Crippen MR) is 165 cm³/mol. The Labute approximate surface area is 227 Å². The number of hydrogen-bond donors (Lipinski definition) is 0. The van der Waals surface area contributed by atoms with E-state index in [0.29, 0.717) is 0 Å². The summed E-state index contributed by atoms with van der Waals surface area (Å²) in [7, 11) is 0. The number of hydrogen-bond acceptors (Lipinski definition) is 1. The second-order valence-corrected chi connectivity index (χ2v) is 10.4. The van der Waals surface area contributed by atoms with Crippen molar-refractivity contribution < 1.29 is 4.42 Å². The smallest absolute Gasteiger partial charge is 0.142 e. The van der Waals surface area contributed by atoms with Crippen LogP contribution in [0.1, 0.15) is 17.7 Å². The van der Waals surface area contributed by atoms with Crippen LogP contribution in [0.25, 0.3) is 72.0 Å². The van der Waals surface area contributed by atoms with Crippen molar-refractivity contribution in [2.24, 2.45) is 0 Å². The van der Waals surface area contributed by atoms with Crippen molar-refractivity contribution >= 4 is 38.6 Å². The lowest BCUT2D eigenvalue weighted by Crippen LogP contribution is -1.92. The lowest BCUT2D eigenvalue weighted by atomic mass is 9.85. The molecule has 0 saturated heterocycles. The molecule has 184 valence electrons. The fraction of sp³-hybridized carbons (Fsp3) is 0.0526. The number of benzene rings is 6. The SMILES string of the molecule is C1=Cc2oc3c(-c4c5ccccc5c(-c5cccc(-c6ccccc6)c5)c5ccccc45)cccc3c2CC1. The molecule has 0 aliphatic heterocycles. The van der Waals surface area contributed by atoms with Crippen LogP contribution in [0.2, 0.25) is 0 Å². The third-order valence-corrected chi connectivity index (χ3v) is 8.14. The summed E-state index contributed by atoms with van der Waals surface area (Å²) in [5, 5.41) is 6.23. The number of allylic oxidation sites excluding steroid dienone is 1. The average Bonchev–Trinajstić information content (AvgIpc) is 3.39. The quantitative estimate of drug-likeness (QED) is 0.221. The molecule has 0 bridgehead atoms. The van der Waals surface area contributed by atoms with Gasteiger partial charge in [-0.1, -0.05) is 121 Å². The molecule has 1 nitrogen and oxygen atoms in total. The van der Waals surface area contributed by atoms with Gasteiger partial charge in [0.05, 0.1) is 0 Å². The lowest BCUT2D eigenvalue weighted by molar-refractivity contribution is 0.596. The van der Waals surface area contributed by atoms with Gasteiger partial charge in [0.1, 0.15) is 11.3 Å². The van der Waals surface area contributed by atoms with Crippen LogP contribution in [-0.4, -0.2) is 0 Å². The largest absolute Gasteiger partial charge is 0.456 e. The Morgan fingerprint density at radius 3 is 1.82 bits per heavy atom. The Hall–Kier alpha value is -4.88. The minimum atomic E-state index is 0.989. The van der Waals surface area contributed by atoms with Gasteiger partial charge in [0.15, 0.2) is 0 Å². The van der Waals surface area contributed by atoms with Crippen LogP contribution in [0.3, 0.4) is 0 Å². The maximum absolute atomic E-state index is 6.57. The topological polar surface area (TPSA) is 13.1 Å². The van der Waals surface area contributed by atoms with Gasteiger partial charge in [0, 0.05) is 22.1 Å². The van der Waals surface area contributed by atoms with Gasteiger partial charge < -0.3 is 4.42 Å². The summed E-state index contributed by atoms with van der Waals surface area (Å²) in [6.45, 7) is 0. The average molecular weight is 499 g/mol. The molecular formula is C38H26O. The van der Waals surface area contributed by atoms with Crippen LogP contribution >= 0.6 is 0 Å². The zero-order valence-corrected chi connectivity index (χ0v) is 21.5. The van der Waals surface area contributed by atoms with Gasteiger partial charge in [-0.3, -0.25) is 0 Å². The Bertz CT molecular complexity index is 2000. The molecule has 0 atom stereocenters. The number of rotatable bonds is 3. The van der Waals surface area contributed by atoms with Gasteiger partial charge in [-0.15, -0.1) is 0 Å². The molecule has 8 rings (SSSR count). The van der Waals surface area contributed by atoms with Crippen molar-refractivity contribution in [3.8, 4) is 33.4 Å². The zero-order chi connectivity index (χ0) is 25.8. The van der Waals surface area contributed by atoms with Gasteiger partial charge in [-0.2, -0.15) is 0 Å². The maximum Gasteiger partial charge on any atom is 0.142 e. The van der Waals surface area contributed by atoms with Gasteiger partial charge in [0.2, 0.25) is 0 Å². The van der Waals surface area contributed by atoms with E-state index in [0.717, 1.165) is 29.7 Å². The molecule has 6 aromatic carbocycles. The fourth-order valence-electron chi connectivity index (χ4n) is 6.41. The maximum atomic E-state index is 6.57. The Balaban J connectivity index is 1.46. The van der Waals surface area contributed by atoms with E-state index in [4.69, 9.17) is 4.42 Å².